The molecule has 22 heavy (non-hydrogen) atoms. The lowest BCUT2D eigenvalue weighted by Crippen LogP contribution is -2.33. The molecule has 1 aliphatic heterocycles. The van der Waals surface area contributed by atoms with E-state index in [4.69, 9.17) is 5.10 Å². The quantitative estimate of drug-likeness (QED) is 0.641. The Morgan fingerprint density at radius 1 is 0.818 bits per heavy atom. The van der Waals surface area contributed by atoms with Gasteiger partial charge in [0.1, 0.15) is 0 Å². The summed E-state index contributed by atoms with van der Waals surface area (Å²) in [4.78, 5) is 0. The van der Waals surface area contributed by atoms with Crippen LogP contribution in [0, 0.1) is 5.92 Å². The van der Waals surface area contributed by atoms with Crippen molar-refractivity contribution in [3.63, 3.8) is 0 Å². The van der Waals surface area contributed by atoms with E-state index >= 15 is 0 Å². The van der Waals surface area contributed by atoms with E-state index < -0.39 is 0 Å². The Balaban J connectivity index is 1.75. The Bertz CT molecular complexity index is 480. The van der Waals surface area contributed by atoms with Crippen LogP contribution in [-0.4, -0.2) is 11.8 Å². The monoisotopic (exact) mass is 298 g/mol. The molecular weight excluding hydrogens is 268 g/mol. The summed E-state index contributed by atoms with van der Waals surface area (Å²) in [6.07, 6.45) is 13.9. The van der Waals surface area contributed by atoms with Crippen LogP contribution in [0.5, 0.6) is 0 Å². The van der Waals surface area contributed by atoms with Crippen molar-refractivity contribution in [3.05, 3.63) is 30.3 Å². The van der Waals surface area contributed by atoms with Crippen LogP contribution in [0.25, 0.3) is 0 Å². The van der Waals surface area contributed by atoms with Crippen LogP contribution in [-0.2, 0) is 0 Å². The highest BCUT2D eigenvalue weighted by molar-refractivity contribution is 5.88. The van der Waals surface area contributed by atoms with Gasteiger partial charge in [0.05, 0.1) is 11.7 Å². The molecule has 0 radical (unpaired) electrons. The smallest absolute Gasteiger partial charge is 0.0607 e. The zero-order valence-corrected chi connectivity index (χ0v) is 14.0. The van der Waals surface area contributed by atoms with Crippen LogP contribution in [0.2, 0.25) is 0 Å². The maximum absolute atomic E-state index is 4.94. The molecule has 3 rings (SSSR count). The van der Waals surface area contributed by atoms with Crippen LogP contribution in [0.4, 0.5) is 5.69 Å². The second-order valence-electron chi connectivity index (χ2n) is 7.00. The van der Waals surface area contributed by atoms with E-state index in [1.54, 1.807) is 0 Å². The molecule has 1 saturated carbocycles. The van der Waals surface area contributed by atoms with E-state index in [-0.39, 0.29) is 0 Å². The first kappa shape index (κ1) is 15.6. The third kappa shape index (κ3) is 3.71. The molecule has 1 aromatic carbocycles. The van der Waals surface area contributed by atoms with Crippen molar-refractivity contribution in [1.82, 2.24) is 0 Å². The van der Waals surface area contributed by atoms with Crippen LogP contribution in [0.1, 0.15) is 71.1 Å². The fourth-order valence-corrected chi connectivity index (χ4v) is 4.10. The van der Waals surface area contributed by atoms with Crippen molar-refractivity contribution < 1.29 is 0 Å². The molecule has 2 atom stereocenters. The van der Waals surface area contributed by atoms with Gasteiger partial charge in [0.25, 0.3) is 0 Å². The largest absolute Gasteiger partial charge is 0.262 e. The normalized spacial score (nSPS) is 27.5. The molecule has 0 bridgehead atoms. The van der Waals surface area contributed by atoms with Crippen molar-refractivity contribution in [2.45, 2.75) is 77.2 Å². The van der Waals surface area contributed by atoms with Gasteiger partial charge in [0, 0.05) is 11.6 Å². The van der Waals surface area contributed by atoms with Gasteiger partial charge in [-0.25, -0.2) is 0 Å². The summed E-state index contributed by atoms with van der Waals surface area (Å²) in [6, 6.07) is 11.3. The van der Waals surface area contributed by atoms with Crippen LogP contribution in [0.15, 0.2) is 35.4 Å². The van der Waals surface area contributed by atoms with Crippen molar-refractivity contribution >= 4 is 11.4 Å². The van der Waals surface area contributed by atoms with Crippen molar-refractivity contribution in [3.8, 4) is 0 Å². The van der Waals surface area contributed by atoms with Crippen molar-refractivity contribution in [2.75, 3.05) is 5.01 Å². The van der Waals surface area contributed by atoms with Gasteiger partial charge in [0.2, 0.25) is 0 Å². The Kier molecular flexibility index (Phi) is 5.53. The fourth-order valence-electron chi connectivity index (χ4n) is 4.10. The van der Waals surface area contributed by atoms with Crippen molar-refractivity contribution in [1.29, 1.82) is 0 Å². The molecular formula is C20H30N2. The first-order valence-electron chi connectivity index (χ1n) is 9.25. The molecule has 0 aromatic heterocycles. The zero-order valence-electron chi connectivity index (χ0n) is 14.0. The minimum Gasteiger partial charge on any atom is -0.262 e. The summed E-state index contributed by atoms with van der Waals surface area (Å²) in [5.41, 5.74) is 2.62. The van der Waals surface area contributed by atoms with E-state index in [1.807, 2.05) is 0 Å². The fraction of sp³-hybridized carbons (Fsp3) is 0.650. The number of nitrogens with zero attached hydrogens (tertiary/aromatic N) is 2. The Labute approximate surface area is 135 Å². The van der Waals surface area contributed by atoms with Gasteiger partial charge >= 0.3 is 0 Å². The minimum atomic E-state index is 0.585. The van der Waals surface area contributed by atoms with E-state index in [2.05, 4.69) is 42.3 Å². The number of anilines is 1. The van der Waals surface area contributed by atoms with E-state index in [1.165, 1.54) is 75.6 Å². The topological polar surface area (TPSA) is 15.6 Å². The molecule has 0 saturated heterocycles. The number of para-hydroxylation sites is 1. The van der Waals surface area contributed by atoms with Gasteiger partial charge in [-0.2, -0.15) is 5.10 Å². The Morgan fingerprint density at radius 2 is 1.41 bits per heavy atom. The molecule has 2 heteroatoms. The molecule has 1 aromatic rings. The Hall–Kier alpha value is -1.31. The van der Waals surface area contributed by atoms with E-state index in [0.717, 1.165) is 0 Å². The number of hydrazone groups is 1. The predicted molar refractivity (Wildman–Crippen MR) is 95.5 cm³/mol. The van der Waals surface area contributed by atoms with Crippen LogP contribution in [0.3, 0.4) is 0 Å². The average Bonchev–Trinajstić information content (AvgIpc) is 2.84. The summed E-state index contributed by atoms with van der Waals surface area (Å²) in [7, 11) is 0. The highest BCUT2D eigenvalue weighted by atomic mass is 15.5. The molecule has 0 amide bonds. The molecule has 1 aliphatic carbocycles. The predicted octanol–water partition coefficient (Wildman–Crippen LogP) is 5.78. The number of fused-ring (bicyclic) bond motifs is 1. The molecule has 1 heterocycles. The molecule has 2 aliphatic rings. The summed E-state index contributed by atoms with van der Waals surface area (Å²) in [5.74, 6) is 0.666. The van der Waals surface area contributed by atoms with E-state index in [9.17, 15) is 0 Å². The molecule has 0 unspecified atom stereocenters. The number of hydrogen-bond donors (Lipinski definition) is 0. The lowest BCUT2D eigenvalue weighted by molar-refractivity contribution is 0.418. The second-order valence-corrected chi connectivity index (χ2v) is 7.00. The summed E-state index contributed by atoms with van der Waals surface area (Å²) < 4.78 is 0. The molecule has 0 N–H and O–H groups in total. The van der Waals surface area contributed by atoms with Gasteiger partial charge in [0.15, 0.2) is 0 Å². The molecule has 0 spiro atoms. The lowest BCUT2D eigenvalue weighted by Gasteiger charge is -2.28. The van der Waals surface area contributed by atoms with Gasteiger partial charge in [-0.05, 0) is 31.9 Å². The third-order valence-corrected chi connectivity index (χ3v) is 5.37. The standard InChI is InChI=1S/C20H30N2/c1-17-19-15-11-6-4-2-3-5-7-12-16-20(19)22(21-17)18-13-9-8-10-14-18/h8-10,13-14,19-20H,2-7,11-12,15-16H2,1H3/t19-,20+/m0/s1. The maximum Gasteiger partial charge on any atom is 0.0607 e. The minimum absolute atomic E-state index is 0.585. The number of hydrogen-bond acceptors (Lipinski definition) is 2. The molecule has 1 fully saturated rings. The second kappa shape index (κ2) is 7.80. The summed E-state index contributed by atoms with van der Waals surface area (Å²) in [5, 5.41) is 7.27. The third-order valence-electron chi connectivity index (χ3n) is 5.37. The molecule has 120 valence electrons. The summed E-state index contributed by atoms with van der Waals surface area (Å²) >= 11 is 0. The van der Waals surface area contributed by atoms with Gasteiger partial charge in [-0.3, -0.25) is 5.01 Å². The first-order chi connectivity index (χ1) is 10.9. The number of rotatable bonds is 1. The highest BCUT2D eigenvalue weighted by Gasteiger charge is 2.34. The van der Waals surface area contributed by atoms with Crippen LogP contribution >= 0.6 is 0 Å². The molecule has 2 nitrogen and oxygen atoms in total. The lowest BCUT2D eigenvalue weighted by atomic mass is 9.86. The first-order valence-corrected chi connectivity index (χ1v) is 9.25. The SMILES string of the molecule is CC1=NN(c2ccccc2)[C@@H]2CCCCCCCCCC[C@@H]12. The Morgan fingerprint density at radius 3 is 2.09 bits per heavy atom. The van der Waals surface area contributed by atoms with Gasteiger partial charge < -0.3 is 0 Å². The van der Waals surface area contributed by atoms with Gasteiger partial charge in [-0.1, -0.05) is 69.6 Å². The zero-order chi connectivity index (χ0) is 15.2. The number of benzene rings is 1. The average molecular weight is 298 g/mol. The van der Waals surface area contributed by atoms with Gasteiger partial charge in [-0.15, -0.1) is 0 Å². The van der Waals surface area contributed by atoms with Crippen LogP contribution < -0.4 is 5.01 Å². The highest BCUT2D eigenvalue weighted by Crippen LogP contribution is 2.34. The maximum atomic E-state index is 4.94. The summed E-state index contributed by atoms with van der Waals surface area (Å²) in [6.45, 7) is 2.24. The van der Waals surface area contributed by atoms with Crippen molar-refractivity contribution in [2.24, 2.45) is 11.0 Å². The van der Waals surface area contributed by atoms with E-state index in [0.29, 0.717) is 12.0 Å².